The Morgan fingerprint density at radius 3 is 2.73 bits per heavy atom. The topological polar surface area (TPSA) is 110 Å². The molecule has 22 heavy (non-hydrogen) atoms. The number of nitrogens with two attached hydrogens (primary N) is 1. The third kappa shape index (κ3) is 4.08. The molecule has 2 aromatic rings. The van der Waals surface area contributed by atoms with Gasteiger partial charge in [0.2, 0.25) is 5.91 Å². The van der Waals surface area contributed by atoms with Crippen LogP contribution >= 0.6 is 23.1 Å². The highest BCUT2D eigenvalue weighted by atomic mass is 32.2. The van der Waals surface area contributed by atoms with Gasteiger partial charge in [0.15, 0.2) is 5.16 Å². The quantitative estimate of drug-likeness (QED) is 0.580. The van der Waals surface area contributed by atoms with Crippen molar-refractivity contribution in [1.29, 1.82) is 0 Å². The van der Waals surface area contributed by atoms with Crippen molar-refractivity contribution in [3.63, 3.8) is 0 Å². The summed E-state index contributed by atoms with van der Waals surface area (Å²) in [7, 11) is 0. The Morgan fingerprint density at radius 1 is 1.32 bits per heavy atom. The third-order valence-electron chi connectivity index (χ3n) is 2.64. The van der Waals surface area contributed by atoms with E-state index in [0.717, 1.165) is 22.0 Å². The minimum absolute atomic E-state index is 0.0415. The first-order valence-electron chi connectivity index (χ1n) is 6.65. The number of urea groups is 1. The number of nitrogens with one attached hydrogen (secondary N) is 2. The van der Waals surface area contributed by atoms with E-state index < -0.39 is 17.2 Å². The normalized spacial score (nSPS) is 12.4. The van der Waals surface area contributed by atoms with Gasteiger partial charge in [0, 0.05) is 6.04 Å². The van der Waals surface area contributed by atoms with Crippen molar-refractivity contribution in [2.75, 3.05) is 5.73 Å². The molecule has 2 heterocycles. The van der Waals surface area contributed by atoms with Crippen molar-refractivity contribution in [3.8, 4) is 0 Å². The molecule has 2 rings (SSSR count). The highest BCUT2D eigenvalue weighted by molar-refractivity contribution is 8.00. The number of nitrogens with zero attached hydrogens (tertiary/aromatic N) is 2. The zero-order chi connectivity index (χ0) is 16.3. The number of carbonyl (C=O) groups is 2. The molecule has 1 unspecified atom stereocenters. The SMILES string of the molecule is CC(C)NC(=O)NC(=O)C(C)Sc1nc(N)c2ccsc2n1. The standard InChI is InChI=1S/C13H17N5O2S2/c1-6(2)15-12(20)17-10(19)7(3)22-13-16-9(14)8-4-5-21-11(8)18-13/h4-7H,1-3H3,(H2,14,16,18)(H2,15,17,19,20). The number of rotatable bonds is 4. The van der Waals surface area contributed by atoms with E-state index in [9.17, 15) is 9.59 Å². The van der Waals surface area contributed by atoms with Crippen LogP contribution in [-0.4, -0.2) is 33.2 Å². The second-order valence-electron chi connectivity index (χ2n) is 4.91. The number of fused-ring (bicyclic) bond motifs is 1. The fourth-order valence-electron chi connectivity index (χ4n) is 1.63. The number of aromatic nitrogens is 2. The minimum Gasteiger partial charge on any atom is -0.383 e. The molecule has 1 atom stereocenters. The zero-order valence-corrected chi connectivity index (χ0v) is 14.0. The first kappa shape index (κ1) is 16.5. The molecule has 9 heteroatoms. The van der Waals surface area contributed by atoms with Gasteiger partial charge >= 0.3 is 6.03 Å². The van der Waals surface area contributed by atoms with E-state index in [2.05, 4.69) is 20.6 Å². The van der Waals surface area contributed by atoms with Crippen LogP contribution in [0.25, 0.3) is 10.2 Å². The Labute approximate surface area is 136 Å². The molecule has 0 bridgehead atoms. The zero-order valence-electron chi connectivity index (χ0n) is 12.4. The first-order chi connectivity index (χ1) is 10.4. The number of hydrogen-bond acceptors (Lipinski definition) is 7. The van der Waals surface area contributed by atoms with Crippen molar-refractivity contribution in [3.05, 3.63) is 11.4 Å². The molecule has 0 aromatic carbocycles. The van der Waals surface area contributed by atoms with Gasteiger partial charge in [0.05, 0.1) is 10.6 Å². The van der Waals surface area contributed by atoms with E-state index in [1.165, 1.54) is 11.3 Å². The highest BCUT2D eigenvalue weighted by Gasteiger charge is 2.19. The van der Waals surface area contributed by atoms with Gasteiger partial charge < -0.3 is 11.1 Å². The van der Waals surface area contributed by atoms with Crippen molar-refractivity contribution in [2.45, 2.75) is 37.2 Å². The molecule has 0 spiro atoms. The number of carbonyl (C=O) groups excluding carboxylic acids is 2. The van der Waals surface area contributed by atoms with Gasteiger partial charge in [-0.1, -0.05) is 11.8 Å². The van der Waals surface area contributed by atoms with Crippen LogP contribution in [0.2, 0.25) is 0 Å². The monoisotopic (exact) mass is 339 g/mol. The van der Waals surface area contributed by atoms with E-state index in [1.54, 1.807) is 6.92 Å². The van der Waals surface area contributed by atoms with Crippen molar-refractivity contribution in [2.24, 2.45) is 0 Å². The molecular weight excluding hydrogens is 322 g/mol. The average Bonchev–Trinajstić information content (AvgIpc) is 2.86. The van der Waals surface area contributed by atoms with Gasteiger partial charge in [-0.25, -0.2) is 14.8 Å². The van der Waals surface area contributed by atoms with Crippen molar-refractivity contribution < 1.29 is 9.59 Å². The molecule has 0 aliphatic rings. The van der Waals surface area contributed by atoms with Gasteiger partial charge in [-0.15, -0.1) is 11.3 Å². The Morgan fingerprint density at radius 2 is 2.05 bits per heavy atom. The molecule has 0 saturated heterocycles. The molecule has 3 amide bonds. The maximum atomic E-state index is 12.0. The van der Waals surface area contributed by atoms with Crippen LogP contribution in [0.4, 0.5) is 10.6 Å². The minimum atomic E-state index is -0.519. The first-order valence-corrected chi connectivity index (χ1v) is 8.41. The lowest BCUT2D eigenvalue weighted by molar-refractivity contribution is -0.119. The van der Waals surface area contributed by atoms with Gasteiger partial charge in [-0.3, -0.25) is 10.1 Å². The summed E-state index contributed by atoms with van der Waals surface area (Å²) in [6, 6.07) is 1.30. The predicted octanol–water partition coefficient (Wildman–Crippen LogP) is 1.99. The fraction of sp³-hybridized carbons (Fsp3) is 0.385. The molecular formula is C13H17N5O2S2. The molecule has 7 nitrogen and oxygen atoms in total. The number of thioether (sulfide) groups is 1. The van der Waals surface area contributed by atoms with Crippen LogP contribution in [0, 0.1) is 0 Å². The molecule has 0 aliphatic carbocycles. The number of thiophene rings is 1. The lowest BCUT2D eigenvalue weighted by Gasteiger charge is -2.12. The lowest BCUT2D eigenvalue weighted by Crippen LogP contribution is -2.45. The predicted molar refractivity (Wildman–Crippen MR) is 89.0 cm³/mol. The van der Waals surface area contributed by atoms with Crippen LogP contribution < -0.4 is 16.4 Å². The summed E-state index contributed by atoms with van der Waals surface area (Å²) in [4.78, 5) is 32.8. The summed E-state index contributed by atoms with van der Waals surface area (Å²) in [6.45, 7) is 5.31. The molecule has 4 N–H and O–H groups in total. The third-order valence-corrected chi connectivity index (χ3v) is 4.41. The number of nitrogen functional groups attached to an aromatic ring is 1. The summed E-state index contributed by atoms with van der Waals surface area (Å²) >= 11 is 2.62. The van der Waals surface area contributed by atoms with Crippen molar-refractivity contribution in [1.82, 2.24) is 20.6 Å². The van der Waals surface area contributed by atoms with Crippen molar-refractivity contribution >= 4 is 51.1 Å². The number of amides is 3. The summed E-state index contributed by atoms with van der Waals surface area (Å²) in [6.07, 6.45) is 0. The Bertz CT molecular complexity index is 701. The lowest BCUT2D eigenvalue weighted by atomic mass is 10.4. The van der Waals surface area contributed by atoms with E-state index in [0.29, 0.717) is 11.0 Å². The summed E-state index contributed by atoms with van der Waals surface area (Å²) in [5, 5.41) is 7.47. The molecule has 118 valence electrons. The molecule has 2 aromatic heterocycles. The number of hydrogen-bond donors (Lipinski definition) is 3. The average molecular weight is 339 g/mol. The Kier molecular flexibility index (Phi) is 5.19. The maximum absolute atomic E-state index is 12.0. The van der Waals surface area contributed by atoms with Gasteiger partial charge in [0.25, 0.3) is 0 Å². The second kappa shape index (κ2) is 6.93. The van der Waals surface area contributed by atoms with E-state index in [1.807, 2.05) is 25.3 Å². The maximum Gasteiger partial charge on any atom is 0.321 e. The second-order valence-corrected chi connectivity index (χ2v) is 7.11. The molecule has 0 fully saturated rings. The van der Waals surface area contributed by atoms with Crippen LogP contribution in [0.5, 0.6) is 0 Å². The van der Waals surface area contributed by atoms with Gasteiger partial charge in [0.1, 0.15) is 10.6 Å². The van der Waals surface area contributed by atoms with Gasteiger partial charge in [-0.05, 0) is 32.2 Å². The van der Waals surface area contributed by atoms with Gasteiger partial charge in [-0.2, -0.15) is 0 Å². The summed E-state index contributed by atoms with van der Waals surface area (Å²) < 4.78 is 0. The van der Waals surface area contributed by atoms with E-state index in [-0.39, 0.29) is 6.04 Å². The molecule has 0 saturated carbocycles. The number of imide groups is 1. The van der Waals surface area contributed by atoms with Crippen LogP contribution in [-0.2, 0) is 4.79 Å². The fourth-order valence-corrected chi connectivity index (χ4v) is 3.24. The molecule has 0 aliphatic heterocycles. The van der Waals surface area contributed by atoms with E-state index >= 15 is 0 Å². The Balaban J connectivity index is 2.02. The van der Waals surface area contributed by atoms with Crippen LogP contribution in [0.1, 0.15) is 20.8 Å². The molecule has 0 radical (unpaired) electrons. The largest absolute Gasteiger partial charge is 0.383 e. The van der Waals surface area contributed by atoms with Crippen LogP contribution in [0.3, 0.4) is 0 Å². The smallest absolute Gasteiger partial charge is 0.321 e. The number of anilines is 1. The van der Waals surface area contributed by atoms with E-state index in [4.69, 9.17) is 5.73 Å². The highest BCUT2D eigenvalue weighted by Crippen LogP contribution is 2.28. The summed E-state index contributed by atoms with van der Waals surface area (Å²) in [5.74, 6) is -0.0180. The Hall–Kier alpha value is -1.87. The van der Waals surface area contributed by atoms with Crippen LogP contribution in [0.15, 0.2) is 16.6 Å². The summed E-state index contributed by atoms with van der Waals surface area (Å²) in [5.41, 5.74) is 5.87.